The highest BCUT2D eigenvalue weighted by Crippen LogP contribution is 2.29. The van der Waals surface area contributed by atoms with E-state index in [1.807, 2.05) is 6.92 Å². The Morgan fingerprint density at radius 2 is 1.21 bits per heavy atom. The van der Waals surface area contributed by atoms with Crippen LogP contribution in [0.2, 0.25) is 0 Å². The van der Waals surface area contributed by atoms with Gasteiger partial charge in [-0.15, -0.1) is 8.78 Å². The maximum Gasteiger partial charge on any atom is 0.487 e. The lowest BCUT2D eigenvalue weighted by Crippen LogP contribution is -2.15. The molecule has 10 heteroatoms. The van der Waals surface area contributed by atoms with Crippen molar-refractivity contribution in [2.24, 2.45) is 0 Å². The van der Waals surface area contributed by atoms with Crippen molar-refractivity contribution in [3.8, 4) is 11.5 Å². The number of halogens is 6. The van der Waals surface area contributed by atoms with E-state index in [1.165, 1.54) is 18.5 Å². The second-order valence-corrected chi connectivity index (χ2v) is 6.98. The van der Waals surface area contributed by atoms with Gasteiger partial charge in [0.1, 0.15) is 11.5 Å². The molecule has 2 aromatic rings. The van der Waals surface area contributed by atoms with Crippen LogP contribution in [0.5, 0.6) is 11.5 Å². The van der Waals surface area contributed by atoms with Crippen molar-refractivity contribution in [2.75, 3.05) is 0 Å². The first-order chi connectivity index (χ1) is 10.9. The van der Waals surface area contributed by atoms with Gasteiger partial charge < -0.3 is 9.47 Å². The summed E-state index contributed by atoms with van der Waals surface area (Å²) in [6.07, 6.45) is 2.68. The Bertz CT molecular complexity index is 572. The number of pyridine rings is 2. The molecule has 0 saturated carbocycles. The molecule has 0 bridgehead atoms. The summed E-state index contributed by atoms with van der Waals surface area (Å²) < 4.78 is 31.2. The summed E-state index contributed by atoms with van der Waals surface area (Å²) in [6, 6.07) is 6.38. The second kappa shape index (κ2) is 8.85. The first-order valence-electron chi connectivity index (χ1n) is 6.31. The van der Waals surface area contributed by atoms with E-state index >= 15 is 0 Å². The zero-order valence-electron chi connectivity index (χ0n) is 12.4. The fraction of sp³-hybridized carbons (Fsp3) is 0.286. The van der Waals surface area contributed by atoms with Crippen molar-refractivity contribution >= 4 is 46.4 Å². The minimum atomic E-state index is -3.67. The van der Waals surface area contributed by atoms with Crippen molar-refractivity contribution in [2.45, 2.75) is 23.4 Å². The molecule has 132 valence electrons. The van der Waals surface area contributed by atoms with E-state index < -0.39 is 9.55 Å². The molecule has 0 aromatic carbocycles. The molecule has 24 heavy (non-hydrogen) atoms. The number of rotatable bonds is 3. The highest BCUT2D eigenvalue weighted by molar-refractivity contribution is 6.66. The third-order valence-electron chi connectivity index (χ3n) is 2.24. The zero-order chi connectivity index (χ0) is 18.4. The predicted molar refractivity (Wildman–Crippen MR) is 90.3 cm³/mol. The van der Waals surface area contributed by atoms with Gasteiger partial charge in [0.05, 0.1) is 12.4 Å². The van der Waals surface area contributed by atoms with Crippen molar-refractivity contribution in [1.82, 2.24) is 9.97 Å². The highest BCUT2D eigenvalue weighted by atomic mass is 35.6. The van der Waals surface area contributed by atoms with E-state index in [4.69, 9.17) is 39.5 Å². The summed E-state index contributed by atoms with van der Waals surface area (Å²) in [4.78, 5) is 7.71. The molecule has 0 spiro atoms. The molecule has 0 saturated heterocycles. The number of nitrogens with zero attached hydrogens (tertiary/aromatic N) is 2. The quantitative estimate of drug-likeness (QED) is 0.602. The summed E-state index contributed by atoms with van der Waals surface area (Å²) in [6.45, 7) is 3.60. The molecule has 0 radical (unpaired) electrons. The third kappa shape index (κ3) is 9.93. The normalized spacial score (nSPS) is 11.3. The minimum absolute atomic E-state index is 0.0550. The van der Waals surface area contributed by atoms with Crippen LogP contribution in [-0.2, 0) is 0 Å². The predicted octanol–water partition coefficient (Wildman–Crippen LogP) is 5.65. The molecule has 0 amide bonds. The summed E-state index contributed by atoms with van der Waals surface area (Å²) in [5.74, 6) is 0.376. The van der Waals surface area contributed by atoms with Gasteiger partial charge in [-0.25, -0.2) is 0 Å². The fourth-order valence-corrected chi connectivity index (χ4v) is 1.65. The number of ether oxygens (including phenoxy) is 2. The first kappa shape index (κ1) is 21.0. The van der Waals surface area contributed by atoms with Crippen LogP contribution in [0.1, 0.15) is 11.4 Å². The smallest absolute Gasteiger partial charge is 0.444 e. The maximum absolute atomic E-state index is 12.0. The lowest BCUT2D eigenvalue weighted by atomic mass is 10.4. The van der Waals surface area contributed by atoms with E-state index in [0.717, 1.165) is 11.4 Å². The Morgan fingerprint density at radius 1 is 0.792 bits per heavy atom. The lowest BCUT2D eigenvalue weighted by molar-refractivity contribution is -0.0966. The second-order valence-electron chi connectivity index (χ2n) is 4.37. The number of hydrogen-bond donors (Lipinski definition) is 0. The largest absolute Gasteiger partial charge is 0.487 e. The van der Waals surface area contributed by atoms with Crippen LogP contribution in [0.4, 0.5) is 8.78 Å². The first-order valence-corrected chi connectivity index (χ1v) is 7.82. The van der Waals surface area contributed by atoms with E-state index in [1.54, 1.807) is 25.1 Å². The molecule has 2 rings (SSSR count). The average Bonchev–Trinajstić information content (AvgIpc) is 2.42. The van der Waals surface area contributed by atoms with Crippen molar-refractivity contribution < 1.29 is 18.3 Å². The van der Waals surface area contributed by atoms with Crippen LogP contribution in [0, 0.1) is 13.8 Å². The van der Waals surface area contributed by atoms with Gasteiger partial charge in [-0.2, -0.15) is 0 Å². The Kier molecular flexibility index (Phi) is 7.73. The van der Waals surface area contributed by atoms with Gasteiger partial charge in [-0.1, -0.05) is 0 Å². The number of aromatic nitrogens is 2. The zero-order valence-corrected chi connectivity index (χ0v) is 15.5. The molecule has 0 N–H and O–H groups in total. The Balaban J connectivity index is 0.000000240. The third-order valence-corrected chi connectivity index (χ3v) is 2.54. The number of hydrogen-bond acceptors (Lipinski definition) is 4. The van der Waals surface area contributed by atoms with Gasteiger partial charge in [0.2, 0.25) is 0 Å². The van der Waals surface area contributed by atoms with Crippen molar-refractivity contribution in [1.29, 1.82) is 0 Å². The molecule has 0 aliphatic carbocycles. The molecule has 0 unspecified atom stereocenters. The molecular formula is C14H12Cl4F2N2O2. The molecule has 2 aromatic heterocycles. The Morgan fingerprint density at radius 3 is 1.50 bits per heavy atom. The van der Waals surface area contributed by atoms with Gasteiger partial charge in [-0.3, -0.25) is 9.97 Å². The molecule has 4 nitrogen and oxygen atoms in total. The minimum Gasteiger partial charge on any atom is -0.444 e. The van der Waals surface area contributed by atoms with Crippen LogP contribution in [0.15, 0.2) is 36.7 Å². The maximum atomic E-state index is 12.0. The van der Waals surface area contributed by atoms with Crippen LogP contribution in [0.3, 0.4) is 0 Å². The van der Waals surface area contributed by atoms with E-state index in [2.05, 4.69) is 26.3 Å². The van der Waals surface area contributed by atoms with Crippen molar-refractivity contribution in [3.05, 3.63) is 48.0 Å². The van der Waals surface area contributed by atoms with E-state index in [0.29, 0.717) is 5.75 Å². The van der Waals surface area contributed by atoms with Crippen molar-refractivity contribution in [3.63, 3.8) is 0 Å². The topological polar surface area (TPSA) is 44.2 Å². The average molecular weight is 420 g/mol. The van der Waals surface area contributed by atoms with Gasteiger partial charge in [0.15, 0.2) is 0 Å². The number of aryl methyl sites for hydroxylation is 2. The molecule has 2 heterocycles. The summed E-state index contributed by atoms with van der Waals surface area (Å²) >= 11 is 20.7. The van der Waals surface area contributed by atoms with Crippen LogP contribution < -0.4 is 9.47 Å². The highest BCUT2D eigenvalue weighted by Gasteiger charge is 2.27. The fourth-order valence-electron chi connectivity index (χ4n) is 1.30. The van der Waals surface area contributed by atoms with Gasteiger partial charge in [-0.05, 0) is 72.9 Å². The van der Waals surface area contributed by atoms with Gasteiger partial charge >= 0.3 is 9.55 Å². The van der Waals surface area contributed by atoms with Gasteiger partial charge in [0.25, 0.3) is 0 Å². The molecule has 0 aliphatic rings. The Labute approximate surface area is 157 Å². The summed E-state index contributed by atoms with van der Waals surface area (Å²) in [5.41, 5.74) is -2.07. The summed E-state index contributed by atoms with van der Waals surface area (Å²) in [5, 5.41) is 0. The van der Waals surface area contributed by atoms with Crippen LogP contribution in [-0.4, -0.2) is 19.5 Å². The molecule has 0 atom stereocenters. The van der Waals surface area contributed by atoms with E-state index in [-0.39, 0.29) is 5.75 Å². The SMILES string of the molecule is Cc1ccc(OC(Cl)(Cl)Cl)cn1.Cc1ccc(OC(F)(F)Cl)cn1. The van der Waals surface area contributed by atoms with Crippen LogP contribution >= 0.6 is 46.4 Å². The molecule has 0 fully saturated rings. The van der Waals surface area contributed by atoms with Crippen LogP contribution in [0.25, 0.3) is 0 Å². The van der Waals surface area contributed by atoms with E-state index in [9.17, 15) is 8.78 Å². The standard InChI is InChI=1S/C7H6Cl3NO.C7H6ClF2NO/c2*1-5-2-3-6(4-11-5)12-7(8,9)10/h2*2-4H,1H3. The lowest BCUT2D eigenvalue weighted by Gasteiger charge is -2.12. The summed E-state index contributed by atoms with van der Waals surface area (Å²) in [7, 11) is 0. The monoisotopic (exact) mass is 418 g/mol. The Hall–Kier alpha value is -1.08. The number of alkyl halides is 6. The molecular weight excluding hydrogens is 408 g/mol. The van der Waals surface area contributed by atoms with Gasteiger partial charge in [0, 0.05) is 23.0 Å². The molecule has 0 aliphatic heterocycles.